The van der Waals surface area contributed by atoms with Gasteiger partial charge in [-0.2, -0.15) is 0 Å². The van der Waals surface area contributed by atoms with E-state index >= 15 is 0 Å². The van der Waals surface area contributed by atoms with Crippen LogP contribution in [0.4, 0.5) is 0 Å². The number of rotatable bonds is 7. The largest absolute Gasteiger partial charge is 0.382 e. The Bertz CT molecular complexity index is 232. The molecule has 1 fully saturated rings. The van der Waals surface area contributed by atoms with Crippen LogP contribution in [-0.4, -0.2) is 20.4 Å². The van der Waals surface area contributed by atoms with E-state index in [1.807, 2.05) is 0 Å². The molecule has 1 radical (unpaired) electrons. The van der Waals surface area contributed by atoms with Crippen molar-refractivity contribution in [2.24, 2.45) is 5.92 Å². The summed E-state index contributed by atoms with van der Waals surface area (Å²) in [6.45, 7) is 10.3. The predicted molar refractivity (Wildman–Crippen MR) is 97.3 cm³/mol. The van der Waals surface area contributed by atoms with Gasteiger partial charge in [0.1, 0.15) is 0 Å². The van der Waals surface area contributed by atoms with Gasteiger partial charge in [0.2, 0.25) is 0 Å². The molecule has 1 saturated carbocycles. The first-order chi connectivity index (χ1) is 10.2. The summed E-state index contributed by atoms with van der Waals surface area (Å²) in [4.78, 5) is 0. The molecule has 125 valence electrons. The molecule has 2 atom stereocenters. The van der Waals surface area contributed by atoms with Crippen LogP contribution in [0.1, 0.15) is 79.1 Å². The second-order valence-electron chi connectivity index (χ2n) is 6.90. The highest BCUT2D eigenvalue weighted by Gasteiger charge is 2.41. The van der Waals surface area contributed by atoms with Crippen LogP contribution >= 0.6 is 0 Å². The summed E-state index contributed by atoms with van der Waals surface area (Å²) in [6, 6.07) is 4.15. The van der Waals surface area contributed by atoms with Gasteiger partial charge in [0.05, 0.1) is 13.8 Å². The van der Waals surface area contributed by atoms with Gasteiger partial charge in [-0.15, -0.1) is 0 Å². The molecule has 0 spiro atoms. The first-order valence-electron chi connectivity index (χ1n) is 9.69. The standard InChI is InChI=1S/C19H39OSi/c1-5-20-19(21(6-2,7-3)8-4)18-16-14-12-10-9-11-13-15-17-18/h16,18-19H,5-15,17H2,1-4H3. The first-order valence-corrected chi connectivity index (χ1v) is 12.4. The molecule has 0 heterocycles. The van der Waals surface area contributed by atoms with Gasteiger partial charge in [-0.3, -0.25) is 0 Å². The third-order valence-corrected chi connectivity index (χ3v) is 11.9. The molecule has 0 bridgehead atoms. The van der Waals surface area contributed by atoms with Crippen molar-refractivity contribution in [3.05, 3.63) is 6.42 Å². The predicted octanol–water partition coefficient (Wildman–Crippen LogP) is 6.39. The lowest BCUT2D eigenvalue weighted by atomic mass is 9.92. The summed E-state index contributed by atoms with van der Waals surface area (Å²) < 4.78 is 6.42. The van der Waals surface area contributed by atoms with E-state index in [-0.39, 0.29) is 0 Å². The van der Waals surface area contributed by atoms with Crippen molar-refractivity contribution in [2.75, 3.05) is 6.61 Å². The van der Waals surface area contributed by atoms with Crippen molar-refractivity contribution in [1.29, 1.82) is 0 Å². The average molecular weight is 312 g/mol. The molecule has 0 aromatic rings. The summed E-state index contributed by atoms with van der Waals surface area (Å²) in [5.74, 6) is 0.731. The zero-order valence-corrected chi connectivity index (χ0v) is 16.1. The Morgan fingerprint density at radius 2 is 1.48 bits per heavy atom. The van der Waals surface area contributed by atoms with Gasteiger partial charge in [-0.05, 0) is 32.1 Å². The van der Waals surface area contributed by atoms with Crippen LogP contribution < -0.4 is 0 Å². The fourth-order valence-corrected chi connectivity index (χ4v) is 8.68. The van der Waals surface area contributed by atoms with Crippen molar-refractivity contribution in [3.8, 4) is 0 Å². The summed E-state index contributed by atoms with van der Waals surface area (Å²) in [5, 5.41) is 0. The Labute approximate surface area is 135 Å². The molecule has 2 unspecified atom stereocenters. The molecule has 0 saturated heterocycles. The van der Waals surface area contributed by atoms with Gasteiger partial charge in [0, 0.05) is 6.61 Å². The Morgan fingerprint density at radius 3 is 2.05 bits per heavy atom. The second-order valence-corrected chi connectivity index (χ2v) is 12.3. The van der Waals surface area contributed by atoms with Crippen molar-refractivity contribution < 1.29 is 4.74 Å². The molecule has 1 aliphatic carbocycles. The third-order valence-electron chi connectivity index (χ3n) is 5.91. The minimum Gasteiger partial charge on any atom is -0.382 e. The van der Waals surface area contributed by atoms with Crippen LogP contribution in [-0.2, 0) is 4.74 Å². The lowest BCUT2D eigenvalue weighted by Crippen LogP contribution is -2.51. The quantitative estimate of drug-likeness (QED) is 0.495. The van der Waals surface area contributed by atoms with Crippen molar-refractivity contribution >= 4 is 8.07 Å². The molecular weight excluding hydrogens is 272 g/mol. The van der Waals surface area contributed by atoms with Gasteiger partial charge in [0.25, 0.3) is 0 Å². The number of hydrogen-bond donors (Lipinski definition) is 0. The number of ether oxygens (including phenoxy) is 1. The normalized spacial score (nSPS) is 21.1. The highest BCUT2D eigenvalue weighted by Crippen LogP contribution is 2.35. The molecule has 1 aliphatic rings. The molecule has 2 heteroatoms. The Balaban J connectivity index is 2.82. The molecule has 0 aromatic carbocycles. The van der Waals surface area contributed by atoms with Crippen molar-refractivity contribution in [3.63, 3.8) is 0 Å². The van der Waals surface area contributed by atoms with Crippen LogP contribution in [0, 0.1) is 12.3 Å². The summed E-state index contributed by atoms with van der Waals surface area (Å²) in [7, 11) is -1.28. The lowest BCUT2D eigenvalue weighted by molar-refractivity contribution is 0.0717. The maximum Gasteiger partial charge on any atom is 0.0872 e. The van der Waals surface area contributed by atoms with Crippen LogP contribution in [0.25, 0.3) is 0 Å². The van der Waals surface area contributed by atoms with E-state index in [0.717, 1.165) is 12.5 Å². The summed E-state index contributed by atoms with van der Waals surface area (Å²) in [6.07, 6.45) is 13.9. The van der Waals surface area contributed by atoms with E-state index in [1.54, 1.807) is 0 Å². The third kappa shape index (κ3) is 5.71. The fourth-order valence-electron chi connectivity index (χ4n) is 4.24. The van der Waals surface area contributed by atoms with Crippen molar-refractivity contribution in [1.82, 2.24) is 0 Å². The Morgan fingerprint density at radius 1 is 0.905 bits per heavy atom. The van der Waals surface area contributed by atoms with E-state index in [9.17, 15) is 0 Å². The minimum absolute atomic E-state index is 0.571. The van der Waals surface area contributed by atoms with Crippen LogP contribution in [0.2, 0.25) is 18.1 Å². The Hall–Kier alpha value is 0.177. The molecule has 0 N–H and O–H groups in total. The van der Waals surface area contributed by atoms with Gasteiger partial charge in [0.15, 0.2) is 0 Å². The monoisotopic (exact) mass is 311 g/mol. The van der Waals surface area contributed by atoms with Gasteiger partial charge in [-0.1, -0.05) is 77.4 Å². The van der Waals surface area contributed by atoms with E-state index in [0.29, 0.717) is 5.73 Å². The maximum atomic E-state index is 6.42. The smallest absolute Gasteiger partial charge is 0.0872 e. The van der Waals surface area contributed by atoms with Crippen molar-refractivity contribution in [2.45, 2.75) is 103 Å². The number of hydrogen-bond acceptors (Lipinski definition) is 1. The lowest BCUT2D eigenvalue weighted by Gasteiger charge is -2.42. The SMILES string of the molecule is CCOC(C1[CH]CCCCCCCC1)[Si](CC)(CC)CC. The Kier molecular flexibility index (Phi) is 9.91. The topological polar surface area (TPSA) is 9.23 Å². The maximum absolute atomic E-state index is 6.42. The molecular formula is C19H39OSi. The molecule has 1 nitrogen and oxygen atoms in total. The molecule has 21 heavy (non-hydrogen) atoms. The van der Waals surface area contributed by atoms with Gasteiger partial charge in [-0.25, -0.2) is 0 Å². The molecule has 0 amide bonds. The zero-order chi connectivity index (χ0) is 15.6. The zero-order valence-electron chi connectivity index (χ0n) is 15.1. The second kappa shape index (κ2) is 10.8. The van der Waals surface area contributed by atoms with E-state index in [2.05, 4.69) is 34.1 Å². The molecule has 0 aromatic heterocycles. The fraction of sp³-hybridized carbons (Fsp3) is 0.947. The van der Waals surface area contributed by atoms with E-state index in [1.165, 1.54) is 69.5 Å². The highest BCUT2D eigenvalue weighted by molar-refractivity contribution is 6.81. The van der Waals surface area contributed by atoms with Gasteiger partial charge >= 0.3 is 0 Å². The van der Waals surface area contributed by atoms with Crippen LogP contribution in [0.15, 0.2) is 0 Å². The summed E-state index contributed by atoms with van der Waals surface area (Å²) >= 11 is 0. The van der Waals surface area contributed by atoms with Gasteiger partial charge < -0.3 is 4.74 Å². The minimum atomic E-state index is -1.28. The molecule has 0 aliphatic heterocycles. The first kappa shape index (κ1) is 19.2. The van der Waals surface area contributed by atoms with E-state index < -0.39 is 8.07 Å². The van der Waals surface area contributed by atoms with E-state index in [4.69, 9.17) is 4.74 Å². The average Bonchev–Trinajstić information content (AvgIpc) is 2.53. The molecule has 1 rings (SSSR count). The van der Waals surface area contributed by atoms with Crippen LogP contribution in [0.3, 0.4) is 0 Å². The van der Waals surface area contributed by atoms with Crippen LogP contribution in [0.5, 0.6) is 0 Å². The highest BCUT2D eigenvalue weighted by atomic mass is 28.3. The summed E-state index contributed by atoms with van der Waals surface area (Å²) in [5.41, 5.74) is 0.571.